The molecule has 0 spiro atoms. The number of rotatable bonds is 4. The Morgan fingerprint density at radius 3 is 2.88 bits per heavy atom. The molecule has 0 aliphatic heterocycles. The zero-order valence-corrected chi connectivity index (χ0v) is 9.79. The van der Waals surface area contributed by atoms with Crippen LogP contribution in [-0.4, -0.2) is 34.3 Å². The molecule has 0 aromatic carbocycles. The minimum absolute atomic E-state index is 0.0790. The molecule has 6 heteroatoms. The second-order valence-electron chi connectivity index (χ2n) is 3.97. The van der Waals surface area contributed by atoms with Crippen LogP contribution in [0.4, 0.5) is 5.82 Å². The Bertz CT molecular complexity index is 377. The van der Waals surface area contributed by atoms with Crippen molar-refractivity contribution in [3.63, 3.8) is 0 Å². The standard InChI is InChI=1S/C10H14ClN3O2/c1-16-9-12-5-7(11)8(13-9)14-10(6-15)3-2-4-10/h5,15H,2-4,6H2,1H3,(H,12,13,14). The third-order valence-electron chi connectivity index (χ3n) is 2.90. The molecule has 0 amide bonds. The normalized spacial score (nSPS) is 17.7. The first kappa shape index (κ1) is 11.4. The molecule has 0 unspecified atom stereocenters. The van der Waals surface area contributed by atoms with Crippen molar-refractivity contribution in [1.82, 2.24) is 9.97 Å². The second-order valence-corrected chi connectivity index (χ2v) is 4.38. The molecule has 1 aromatic rings. The Morgan fingerprint density at radius 1 is 1.62 bits per heavy atom. The Labute approximate surface area is 98.8 Å². The van der Waals surface area contributed by atoms with Crippen LogP contribution in [0.15, 0.2) is 6.20 Å². The Balaban J connectivity index is 2.19. The fourth-order valence-corrected chi connectivity index (χ4v) is 1.85. The van der Waals surface area contributed by atoms with Gasteiger partial charge in [-0.15, -0.1) is 0 Å². The lowest BCUT2D eigenvalue weighted by Crippen LogP contribution is -2.48. The SMILES string of the molecule is COc1ncc(Cl)c(NC2(CO)CCC2)n1. The minimum atomic E-state index is -0.275. The number of hydrogen-bond donors (Lipinski definition) is 2. The molecule has 2 rings (SSSR count). The lowest BCUT2D eigenvalue weighted by Gasteiger charge is -2.41. The van der Waals surface area contributed by atoms with Gasteiger partial charge in [-0.3, -0.25) is 0 Å². The highest BCUT2D eigenvalue weighted by molar-refractivity contribution is 6.32. The van der Waals surface area contributed by atoms with Crippen LogP contribution in [0.5, 0.6) is 6.01 Å². The predicted octanol–water partition coefficient (Wildman–Crippen LogP) is 1.47. The van der Waals surface area contributed by atoms with Gasteiger partial charge in [0.1, 0.15) is 5.02 Å². The number of halogens is 1. The monoisotopic (exact) mass is 243 g/mol. The summed E-state index contributed by atoms with van der Waals surface area (Å²) in [5.74, 6) is 0.516. The number of anilines is 1. The van der Waals surface area contributed by atoms with Crippen molar-refractivity contribution in [1.29, 1.82) is 0 Å². The number of nitrogens with one attached hydrogen (secondary N) is 1. The van der Waals surface area contributed by atoms with Crippen LogP contribution in [0.1, 0.15) is 19.3 Å². The number of aliphatic hydroxyl groups is 1. The molecule has 2 N–H and O–H groups in total. The molecule has 0 saturated heterocycles. The third-order valence-corrected chi connectivity index (χ3v) is 3.18. The van der Waals surface area contributed by atoms with Gasteiger partial charge in [0.15, 0.2) is 5.82 Å². The van der Waals surface area contributed by atoms with E-state index in [0.29, 0.717) is 10.8 Å². The summed E-state index contributed by atoms with van der Waals surface area (Å²) in [5.41, 5.74) is -0.275. The molecule has 1 aromatic heterocycles. The van der Waals surface area contributed by atoms with Crippen LogP contribution < -0.4 is 10.1 Å². The molecule has 1 aliphatic carbocycles. The molecule has 16 heavy (non-hydrogen) atoms. The molecule has 0 atom stereocenters. The van der Waals surface area contributed by atoms with E-state index in [9.17, 15) is 5.11 Å². The smallest absolute Gasteiger partial charge is 0.318 e. The third kappa shape index (κ3) is 2.05. The van der Waals surface area contributed by atoms with Crippen molar-refractivity contribution in [2.75, 3.05) is 19.0 Å². The maximum absolute atomic E-state index is 9.34. The summed E-state index contributed by atoms with van der Waals surface area (Å²) in [6.07, 6.45) is 4.44. The van der Waals surface area contributed by atoms with Crippen molar-refractivity contribution in [2.45, 2.75) is 24.8 Å². The number of ether oxygens (including phenoxy) is 1. The van der Waals surface area contributed by atoms with Gasteiger partial charge in [0.05, 0.1) is 25.5 Å². The number of aliphatic hydroxyl groups excluding tert-OH is 1. The highest BCUT2D eigenvalue weighted by Gasteiger charge is 2.37. The summed E-state index contributed by atoms with van der Waals surface area (Å²) in [6, 6.07) is 0.263. The van der Waals surface area contributed by atoms with Gasteiger partial charge < -0.3 is 15.2 Å². The van der Waals surface area contributed by atoms with E-state index in [2.05, 4.69) is 15.3 Å². The Kier molecular flexibility index (Phi) is 3.16. The summed E-state index contributed by atoms with van der Waals surface area (Å²) >= 11 is 5.97. The lowest BCUT2D eigenvalue weighted by atomic mass is 9.77. The fourth-order valence-electron chi connectivity index (χ4n) is 1.71. The summed E-state index contributed by atoms with van der Waals surface area (Å²) < 4.78 is 4.93. The van der Waals surface area contributed by atoms with E-state index in [4.69, 9.17) is 16.3 Å². The molecule has 1 aliphatic rings. The minimum Gasteiger partial charge on any atom is -0.467 e. The van der Waals surface area contributed by atoms with E-state index in [1.807, 2.05) is 0 Å². The van der Waals surface area contributed by atoms with E-state index in [0.717, 1.165) is 19.3 Å². The van der Waals surface area contributed by atoms with Crippen LogP contribution in [0.3, 0.4) is 0 Å². The molecule has 1 fully saturated rings. The Morgan fingerprint density at radius 2 is 2.38 bits per heavy atom. The van der Waals surface area contributed by atoms with Gasteiger partial charge in [0.2, 0.25) is 0 Å². The first-order chi connectivity index (χ1) is 7.69. The van der Waals surface area contributed by atoms with Gasteiger partial charge in [-0.25, -0.2) is 4.98 Å². The summed E-state index contributed by atoms with van der Waals surface area (Å²) in [4.78, 5) is 8.01. The van der Waals surface area contributed by atoms with Gasteiger partial charge in [-0.1, -0.05) is 11.6 Å². The maximum atomic E-state index is 9.34. The van der Waals surface area contributed by atoms with Crippen LogP contribution in [-0.2, 0) is 0 Å². The number of methoxy groups -OCH3 is 1. The van der Waals surface area contributed by atoms with Crippen LogP contribution in [0, 0.1) is 0 Å². The van der Waals surface area contributed by atoms with Crippen LogP contribution in [0.2, 0.25) is 5.02 Å². The van der Waals surface area contributed by atoms with Crippen LogP contribution in [0.25, 0.3) is 0 Å². The quantitative estimate of drug-likeness (QED) is 0.838. The maximum Gasteiger partial charge on any atom is 0.318 e. The molecule has 88 valence electrons. The average molecular weight is 244 g/mol. The molecule has 1 saturated carbocycles. The zero-order valence-electron chi connectivity index (χ0n) is 9.03. The van der Waals surface area contributed by atoms with E-state index in [1.54, 1.807) is 0 Å². The van der Waals surface area contributed by atoms with E-state index in [1.165, 1.54) is 13.3 Å². The topological polar surface area (TPSA) is 67.3 Å². The lowest BCUT2D eigenvalue weighted by molar-refractivity contribution is 0.143. The number of aromatic nitrogens is 2. The molecular weight excluding hydrogens is 230 g/mol. The number of nitrogens with zero attached hydrogens (tertiary/aromatic N) is 2. The van der Waals surface area contributed by atoms with Gasteiger partial charge >= 0.3 is 6.01 Å². The van der Waals surface area contributed by atoms with Crippen molar-refractivity contribution >= 4 is 17.4 Å². The average Bonchev–Trinajstić information content (AvgIpc) is 2.26. The van der Waals surface area contributed by atoms with Gasteiger partial charge in [-0.05, 0) is 19.3 Å². The molecule has 0 radical (unpaired) electrons. The molecular formula is C10H14ClN3O2. The van der Waals surface area contributed by atoms with Gasteiger partial charge in [0, 0.05) is 0 Å². The zero-order chi connectivity index (χ0) is 11.6. The first-order valence-corrected chi connectivity index (χ1v) is 5.52. The highest BCUT2D eigenvalue weighted by Crippen LogP contribution is 2.36. The van der Waals surface area contributed by atoms with E-state index < -0.39 is 0 Å². The first-order valence-electron chi connectivity index (χ1n) is 5.15. The van der Waals surface area contributed by atoms with E-state index in [-0.39, 0.29) is 18.2 Å². The summed E-state index contributed by atoms with van der Waals surface area (Å²) in [6.45, 7) is 0.0790. The van der Waals surface area contributed by atoms with Crippen molar-refractivity contribution < 1.29 is 9.84 Å². The fraction of sp³-hybridized carbons (Fsp3) is 0.600. The molecule has 1 heterocycles. The summed E-state index contributed by atoms with van der Waals surface area (Å²) in [5, 5.41) is 12.9. The second kappa shape index (κ2) is 4.43. The van der Waals surface area contributed by atoms with Crippen LogP contribution >= 0.6 is 11.6 Å². The Hall–Kier alpha value is -1.07. The van der Waals surface area contributed by atoms with Gasteiger partial charge in [-0.2, -0.15) is 4.98 Å². The summed E-state index contributed by atoms with van der Waals surface area (Å²) in [7, 11) is 1.50. The highest BCUT2D eigenvalue weighted by atomic mass is 35.5. The van der Waals surface area contributed by atoms with Gasteiger partial charge in [0.25, 0.3) is 0 Å². The number of hydrogen-bond acceptors (Lipinski definition) is 5. The van der Waals surface area contributed by atoms with Crippen molar-refractivity contribution in [3.8, 4) is 6.01 Å². The van der Waals surface area contributed by atoms with Crippen molar-refractivity contribution in [3.05, 3.63) is 11.2 Å². The predicted molar refractivity (Wildman–Crippen MR) is 60.9 cm³/mol. The van der Waals surface area contributed by atoms with Crippen molar-refractivity contribution in [2.24, 2.45) is 0 Å². The van der Waals surface area contributed by atoms with E-state index >= 15 is 0 Å². The molecule has 5 nitrogen and oxygen atoms in total. The molecule has 0 bridgehead atoms. The largest absolute Gasteiger partial charge is 0.467 e.